The van der Waals surface area contributed by atoms with Crippen LogP contribution in [0, 0.1) is 0 Å². The highest BCUT2D eigenvalue weighted by Crippen LogP contribution is 2.32. The molecule has 4 rings (SSSR count). The smallest absolute Gasteiger partial charge is 0.348 e. The van der Waals surface area contributed by atoms with Crippen LogP contribution in [0.5, 0.6) is 11.5 Å². The van der Waals surface area contributed by atoms with E-state index in [1.807, 2.05) is 54.6 Å². The van der Waals surface area contributed by atoms with Gasteiger partial charge in [0.25, 0.3) is 0 Å². The van der Waals surface area contributed by atoms with Crippen LogP contribution in [-0.4, -0.2) is 26.3 Å². The maximum Gasteiger partial charge on any atom is 0.348 e. The molecule has 0 fully saturated rings. The molecule has 0 saturated heterocycles. The first-order valence-electron chi connectivity index (χ1n) is 7.93. The van der Waals surface area contributed by atoms with E-state index in [-0.39, 0.29) is 5.97 Å². The van der Waals surface area contributed by atoms with Crippen LogP contribution in [0.1, 0.15) is 20.8 Å². The van der Waals surface area contributed by atoms with Gasteiger partial charge in [0.05, 0.1) is 7.11 Å². The van der Waals surface area contributed by atoms with Gasteiger partial charge >= 0.3 is 5.97 Å². The van der Waals surface area contributed by atoms with Gasteiger partial charge in [0.1, 0.15) is 18.1 Å². The molecule has 3 aromatic rings. The number of methoxy groups -OCH3 is 1. The van der Waals surface area contributed by atoms with Gasteiger partial charge in [-0.15, -0.1) is 11.3 Å². The molecule has 0 amide bonds. The number of hydrogen-bond donors (Lipinski definition) is 0. The maximum atomic E-state index is 11.8. The van der Waals surface area contributed by atoms with Crippen LogP contribution in [0.25, 0.3) is 22.2 Å². The van der Waals surface area contributed by atoms with Crippen LogP contribution >= 0.6 is 11.3 Å². The molecule has 0 spiro atoms. The van der Waals surface area contributed by atoms with E-state index in [9.17, 15) is 4.79 Å². The normalized spacial score (nSPS) is 13.3. The first-order valence-corrected chi connectivity index (χ1v) is 8.75. The molecule has 25 heavy (non-hydrogen) atoms. The van der Waals surface area contributed by atoms with E-state index >= 15 is 0 Å². The molecule has 5 heteroatoms. The third-order valence-corrected chi connectivity index (χ3v) is 5.08. The fourth-order valence-corrected chi connectivity index (χ4v) is 3.79. The van der Waals surface area contributed by atoms with Crippen LogP contribution in [0.15, 0.2) is 42.5 Å². The Bertz CT molecular complexity index is 971. The van der Waals surface area contributed by atoms with Crippen molar-refractivity contribution in [3.8, 4) is 11.5 Å². The fourth-order valence-electron chi connectivity index (χ4n) is 2.78. The van der Waals surface area contributed by atoms with Gasteiger partial charge in [0.2, 0.25) is 0 Å². The summed E-state index contributed by atoms with van der Waals surface area (Å²) in [5.74, 6) is 1.25. The van der Waals surface area contributed by atoms with Gasteiger partial charge < -0.3 is 14.2 Å². The number of thiophene rings is 1. The van der Waals surface area contributed by atoms with Crippen LogP contribution in [0.3, 0.4) is 0 Å². The van der Waals surface area contributed by atoms with Crippen molar-refractivity contribution in [3.05, 3.63) is 58.5 Å². The SMILES string of the molecule is COC(=O)c1cc2c(/C=C/c3ccc4c(c3)OCCO4)cccc2s1. The molecule has 0 aliphatic carbocycles. The molecule has 1 aromatic heterocycles. The Balaban J connectivity index is 1.67. The van der Waals surface area contributed by atoms with E-state index in [1.54, 1.807) is 0 Å². The molecule has 2 heterocycles. The number of esters is 1. The molecule has 0 unspecified atom stereocenters. The number of carbonyl (C=O) groups excluding carboxylic acids is 1. The summed E-state index contributed by atoms with van der Waals surface area (Å²) in [4.78, 5) is 12.4. The van der Waals surface area contributed by atoms with E-state index in [0.29, 0.717) is 18.1 Å². The van der Waals surface area contributed by atoms with E-state index in [0.717, 1.165) is 32.7 Å². The minimum absolute atomic E-state index is 0.303. The van der Waals surface area contributed by atoms with Gasteiger partial charge in [-0.1, -0.05) is 30.4 Å². The Hall–Kier alpha value is -2.79. The van der Waals surface area contributed by atoms with Gasteiger partial charge in [0, 0.05) is 10.1 Å². The third kappa shape index (κ3) is 3.10. The summed E-state index contributed by atoms with van der Waals surface area (Å²) in [6.45, 7) is 1.16. The molecule has 1 aliphatic heterocycles. The number of ether oxygens (including phenoxy) is 3. The summed E-state index contributed by atoms with van der Waals surface area (Å²) in [5.41, 5.74) is 2.09. The van der Waals surface area contributed by atoms with Gasteiger partial charge in [-0.05, 0) is 35.4 Å². The zero-order chi connectivity index (χ0) is 17.2. The summed E-state index contributed by atoms with van der Waals surface area (Å²) in [6.07, 6.45) is 4.07. The first-order chi connectivity index (χ1) is 12.2. The van der Waals surface area contributed by atoms with E-state index in [2.05, 4.69) is 0 Å². The summed E-state index contributed by atoms with van der Waals surface area (Å²) in [6, 6.07) is 13.8. The Morgan fingerprint density at radius 2 is 1.92 bits per heavy atom. The standard InChI is InChI=1S/C20H16O4S/c1-22-20(21)19-12-15-14(3-2-4-18(15)25-19)7-5-13-6-8-16-17(11-13)24-10-9-23-16/h2-8,11-12H,9-10H2,1H3/b7-5+. The third-order valence-electron chi connectivity index (χ3n) is 4.00. The predicted octanol–water partition coefficient (Wildman–Crippen LogP) is 4.63. The lowest BCUT2D eigenvalue weighted by molar-refractivity contribution is 0.0606. The predicted molar refractivity (Wildman–Crippen MR) is 99.5 cm³/mol. The van der Waals surface area contributed by atoms with Crippen molar-refractivity contribution in [3.63, 3.8) is 0 Å². The lowest BCUT2D eigenvalue weighted by Gasteiger charge is -2.18. The zero-order valence-corrected chi connectivity index (χ0v) is 14.5. The van der Waals surface area contributed by atoms with Gasteiger partial charge in [0.15, 0.2) is 11.5 Å². The molecule has 0 atom stereocenters. The molecule has 1 aliphatic rings. The number of fused-ring (bicyclic) bond motifs is 2. The largest absolute Gasteiger partial charge is 0.486 e. The summed E-state index contributed by atoms with van der Waals surface area (Å²) >= 11 is 1.44. The molecule has 2 aromatic carbocycles. The van der Waals surface area contributed by atoms with Crippen molar-refractivity contribution >= 4 is 39.5 Å². The minimum atomic E-state index is -0.303. The van der Waals surface area contributed by atoms with Gasteiger partial charge in [-0.3, -0.25) is 0 Å². The van der Waals surface area contributed by atoms with E-state index < -0.39 is 0 Å². The first kappa shape index (κ1) is 15.7. The Kier molecular flexibility index (Phi) is 4.15. The minimum Gasteiger partial charge on any atom is -0.486 e. The van der Waals surface area contributed by atoms with Crippen LogP contribution in [0.4, 0.5) is 0 Å². The highest BCUT2D eigenvalue weighted by atomic mass is 32.1. The number of rotatable bonds is 3. The van der Waals surface area contributed by atoms with Crippen molar-refractivity contribution in [2.75, 3.05) is 20.3 Å². The molecule has 126 valence electrons. The maximum absolute atomic E-state index is 11.8. The molecule has 0 saturated carbocycles. The summed E-state index contributed by atoms with van der Waals surface area (Å²) in [7, 11) is 1.40. The highest BCUT2D eigenvalue weighted by molar-refractivity contribution is 7.20. The second-order valence-electron chi connectivity index (χ2n) is 5.60. The van der Waals surface area contributed by atoms with Crippen LogP contribution in [-0.2, 0) is 4.74 Å². The van der Waals surface area contributed by atoms with Crippen molar-refractivity contribution in [2.45, 2.75) is 0 Å². The molecule has 0 bridgehead atoms. The molecule has 4 nitrogen and oxygen atoms in total. The number of hydrogen-bond acceptors (Lipinski definition) is 5. The van der Waals surface area contributed by atoms with Gasteiger partial charge in [-0.2, -0.15) is 0 Å². The number of carbonyl (C=O) groups is 1. The second kappa shape index (κ2) is 6.61. The monoisotopic (exact) mass is 352 g/mol. The van der Waals surface area contributed by atoms with E-state index in [1.165, 1.54) is 18.4 Å². The fraction of sp³-hybridized carbons (Fsp3) is 0.150. The van der Waals surface area contributed by atoms with Crippen LogP contribution < -0.4 is 9.47 Å². The second-order valence-corrected chi connectivity index (χ2v) is 6.68. The van der Waals surface area contributed by atoms with Gasteiger partial charge in [-0.25, -0.2) is 4.79 Å². The van der Waals surface area contributed by atoms with E-state index in [4.69, 9.17) is 14.2 Å². The van der Waals surface area contributed by atoms with Crippen molar-refractivity contribution in [1.29, 1.82) is 0 Å². The Labute approximate surface area is 149 Å². The molecule has 0 radical (unpaired) electrons. The Morgan fingerprint density at radius 1 is 1.08 bits per heavy atom. The van der Waals surface area contributed by atoms with Crippen molar-refractivity contribution in [2.24, 2.45) is 0 Å². The van der Waals surface area contributed by atoms with Crippen LogP contribution in [0.2, 0.25) is 0 Å². The molecule has 0 N–H and O–H groups in total. The quantitative estimate of drug-likeness (QED) is 0.509. The average molecular weight is 352 g/mol. The lowest BCUT2D eigenvalue weighted by Crippen LogP contribution is -2.15. The zero-order valence-electron chi connectivity index (χ0n) is 13.7. The highest BCUT2D eigenvalue weighted by Gasteiger charge is 2.12. The summed E-state index contributed by atoms with van der Waals surface area (Å²) in [5, 5.41) is 1.04. The summed E-state index contributed by atoms with van der Waals surface area (Å²) < 4.78 is 17.0. The van der Waals surface area contributed by atoms with Crippen molar-refractivity contribution < 1.29 is 19.0 Å². The average Bonchev–Trinajstić information content (AvgIpc) is 3.10. The lowest BCUT2D eigenvalue weighted by atomic mass is 10.1. The molecular weight excluding hydrogens is 336 g/mol. The molecular formula is C20H16O4S. The Morgan fingerprint density at radius 3 is 2.76 bits per heavy atom. The number of benzene rings is 2. The van der Waals surface area contributed by atoms with Crippen molar-refractivity contribution in [1.82, 2.24) is 0 Å². The topological polar surface area (TPSA) is 44.8 Å².